The van der Waals surface area contributed by atoms with Gasteiger partial charge in [-0.2, -0.15) is 0 Å². The van der Waals surface area contributed by atoms with Gasteiger partial charge in [0.05, 0.1) is 7.11 Å². The lowest BCUT2D eigenvalue weighted by Crippen LogP contribution is -2.62. The summed E-state index contributed by atoms with van der Waals surface area (Å²) >= 11 is 0. The first-order valence-corrected chi connectivity index (χ1v) is 10.7. The first-order chi connectivity index (χ1) is 13.5. The molecule has 8 heteroatoms. The largest absolute Gasteiger partial charge is 0.468 e. The maximum absolute atomic E-state index is 12.3. The van der Waals surface area contributed by atoms with Gasteiger partial charge in [-0.15, -0.1) is 0 Å². The normalized spacial score (nSPS) is 31.3. The molecule has 0 aromatic heterocycles. The molecule has 0 aromatic carbocycles. The van der Waals surface area contributed by atoms with Crippen LogP contribution in [0.15, 0.2) is 0 Å². The molecule has 4 aliphatic rings. The number of hydrogen-bond acceptors (Lipinski definition) is 5. The highest BCUT2D eigenvalue weighted by atomic mass is 16.5. The molecule has 3 amide bonds. The number of carbonyl (C=O) groups excluding carboxylic acids is 3. The molecule has 1 N–H and O–H groups in total. The first kappa shape index (κ1) is 19.5. The number of piperidine rings is 4. The zero-order valence-electron chi connectivity index (χ0n) is 16.8. The molecule has 0 aliphatic carbocycles. The molecular formula is C20H32N4O4. The molecule has 3 atom stereocenters. The van der Waals surface area contributed by atoms with Crippen LogP contribution in [0.25, 0.3) is 0 Å². The summed E-state index contributed by atoms with van der Waals surface area (Å²) in [6.45, 7) is 4.46. The Bertz CT molecular complexity index is 619. The molecule has 4 aliphatic heterocycles. The van der Waals surface area contributed by atoms with E-state index in [1.54, 1.807) is 4.90 Å². The molecule has 4 heterocycles. The fourth-order valence-electron chi connectivity index (χ4n) is 5.71. The Balaban J connectivity index is 1.28. The Morgan fingerprint density at radius 3 is 2.68 bits per heavy atom. The van der Waals surface area contributed by atoms with Gasteiger partial charge in [-0.3, -0.25) is 14.5 Å². The number of fused-ring (bicyclic) bond motifs is 4. The van der Waals surface area contributed by atoms with Crippen molar-refractivity contribution in [2.45, 2.75) is 50.6 Å². The molecule has 2 unspecified atom stereocenters. The van der Waals surface area contributed by atoms with E-state index < -0.39 is 5.97 Å². The third-order valence-corrected chi connectivity index (χ3v) is 7.09. The Morgan fingerprint density at radius 1 is 1.14 bits per heavy atom. The van der Waals surface area contributed by atoms with Crippen LogP contribution < -0.4 is 5.32 Å². The summed E-state index contributed by atoms with van der Waals surface area (Å²) in [5.74, 6) is 1.14. The van der Waals surface area contributed by atoms with Gasteiger partial charge in [-0.05, 0) is 43.9 Å². The van der Waals surface area contributed by atoms with E-state index in [1.807, 2.05) is 0 Å². The second-order valence-corrected chi connectivity index (χ2v) is 8.77. The van der Waals surface area contributed by atoms with Crippen LogP contribution in [0.3, 0.4) is 0 Å². The van der Waals surface area contributed by atoms with Gasteiger partial charge in [-0.1, -0.05) is 0 Å². The molecule has 0 spiro atoms. The lowest BCUT2D eigenvalue weighted by molar-refractivity contribution is -0.146. The van der Waals surface area contributed by atoms with Gasteiger partial charge in [0.15, 0.2) is 0 Å². The van der Waals surface area contributed by atoms with Crippen LogP contribution in [0, 0.1) is 11.8 Å². The molecule has 8 nitrogen and oxygen atoms in total. The topological polar surface area (TPSA) is 82.2 Å². The second kappa shape index (κ2) is 8.27. The van der Waals surface area contributed by atoms with Gasteiger partial charge in [0.25, 0.3) is 0 Å². The molecule has 28 heavy (non-hydrogen) atoms. The zero-order valence-corrected chi connectivity index (χ0v) is 16.8. The van der Waals surface area contributed by atoms with Crippen molar-refractivity contribution in [3.8, 4) is 0 Å². The van der Waals surface area contributed by atoms with E-state index in [9.17, 15) is 14.4 Å². The molecule has 2 bridgehead atoms. The van der Waals surface area contributed by atoms with Gasteiger partial charge in [0.1, 0.15) is 6.54 Å². The summed E-state index contributed by atoms with van der Waals surface area (Å²) in [5, 5.41) is 2.63. The Hall–Kier alpha value is -1.83. The van der Waals surface area contributed by atoms with Crippen molar-refractivity contribution in [1.82, 2.24) is 20.0 Å². The number of likely N-dealkylation sites (tertiary alicyclic amines) is 2. The summed E-state index contributed by atoms with van der Waals surface area (Å²) in [5.41, 5.74) is 0. The number of esters is 1. The van der Waals surface area contributed by atoms with Gasteiger partial charge >= 0.3 is 12.0 Å². The Kier molecular flexibility index (Phi) is 5.75. The van der Waals surface area contributed by atoms with Crippen LogP contribution in [0.1, 0.15) is 38.5 Å². The van der Waals surface area contributed by atoms with Crippen LogP contribution in [0.2, 0.25) is 0 Å². The van der Waals surface area contributed by atoms with Crippen LogP contribution in [0.5, 0.6) is 0 Å². The summed E-state index contributed by atoms with van der Waals surface area (Å²) in [4.78, 5) is 42.3. The number of ether oxygens (including phenoxy) is 1. The lowest BCUT2D eigenvalue weighted by atomic mass is 9.75. The standard InChI is InChI=1S/C20H32N4O4/c1-28-19(26)10-21-20(27)22-7-5-16(6-8-22)23-11-14-9-15(13-23)17-3-2-4-18(25)24(17)12-14/h14-17H,2-13H2,1H3,(H,21,27)/t14?,15?,17-/m1/s1. The van der Waals surface area contributed by atoms with E-state index in [2.05, 4.69) is 19.9 Å². The number of methoxy groups -OCH3 is 1. The predicted molar refractivity (Wildman–Crippen MR) is 103 cm³/mol. The third kappa shape index (κ3) is 3.97. The van der Waals surface area contributed by atoms with E-state index in [1.165, 1.54) is 13.5 Å². The summed E-state index contributed by atoms with van der Waals surface area (Å²) in [6.07, 6.45) is 6.14. The van der Waals surface area contributed by atoms with Crippen molar-refractivity contribution in [3.63, 3.8) is 0 Å². The van der Waals surface area contributed by atoms with Crippen molar-refractivity contribution in [3.05, 3.63) is 0 Å². The highest BCUT2D eigenvalue weighted by Gasteiger charge is 2.45. The fourth-order valence-corrected chi connectivity index (χ4v) is 5.71. The molecule has 4 rings (SSSR count). The average molecular weight is 393 g/mol. The lowest BCUT2D eigenvalue weighted by Gasteiger charge is -2.54. The van der Waals surface area contributed by atoms with Gasteiger partial charge in [0.2, 0.25) is 5.91 Å². The van der Waals surface area contributed by atoms with E-state index >= 15 is 0 Å². The SMILES string of the molecule is COC(=O)CNC(=O)N1CCC(N2CC3CC(C2)[C@H]2CCCC(=O)N2C3)CC1. The van der Waals surface area contributed by atoms with Crippen LogP contribution in [0.4, 0.5) is 4.79 Å². The molecule has 0 saturated carbocycles. The van der Waals surface area contributed by atoms with Crippen molar-refractivity contribution in [2.75, 3.05) is 46.4 Å². The maximum Gasteiger partial charge on any atom is 0.325 e. The third-order valence-electron chi connectivity index (χ3n) is 7.09. The quantitative estimate of drug-likeness (QED) is 0.714. The number of carbonyl (C=O) groups is 3. The maximum atomic E-state index is 12.3. The smallest absolute Gasteiger partial charge is 0.325 e. The number of nitrogens with zero attached hydrogens (tertiary/aromatic N) is 3. The molecular weight excluding hydrogens is 360 g/mol. The average Bonchev–Trinajstić information content (AvgIpc) is 2.72. The van der Waals surface area contributed by atoms with Crippen molar-refractivity contribution >= 4 is 17.9 Å². The first-order valence-electron chi connectivity index (χ1n) is 10.7. The number of amides is 3. The fraction of sp³-hybridized carbons (Fsp3) is 0.850. The van der Waals surface area contributed by atoms with E-state index in [-0.39, 0.29) is 12.6 Å². The highest BCUT2D eigenvalue weighted by molar-refractivity contribution is 5.80. The zero-order chi connectivity index (χ0) is 19.7. The number of hydrogen-bond donors (Lipinski definition) is 1. The van der Waals surface area contributed by atoms with Crippen LogP contribution in [-0.4, -0.2) is 91.1 Å². The molecule has 0 aromatic rings. The van der Waals surface area contributed by atoms with Crippen molar-refractivity contribution < 1.29 is 19.1 Å². The van der Waals surface area contributed by atoms with Gasteiger partial charge < -0.3 is 19.9 Å². The number of urea groups is 1. The van der Waals surface area contributed by atoms with Crippen molar-refractivity contribution in [2.24, 2.45) is 11.8 Å². The minimum absolute atomic E-state index is 0.0820. The minimum atomic E-state index is -0.432. The number of rotatable bonds is 3. The van der Waals surface area contributed by atoms with Crippen LogP contribution in [-0.2, 0) is 14.3 Å². The Morgan fingerprint density at radius 2 is 1.93 bits per heavy atom. The number of nitrogens with one attached hydrogen (secondary N) is 1. The van der Waals surface area contributed by atoms with E-state index in [0.29, 0.717) is 29.8 Å². The second-order valence-electron chi connectivity index (χ2n) is 8.77. The Labute approximate surface area is 166 Å². The monoisotopic (exact) mass is 392 g/mol. The summed E-state index contributed by atoms with van der Waals surface area (Å²) in [7, 11) is 1.32. The molecule has 4 saturated heterocycles. The minimum Gasteiger partial charge on any atom is -0.468 e. The molecule has 4 fully saturated rings. The highest BCUT2D eigenvalue weighted by Crippen LogP contribution is 2.39. The van der Waals surface area contributed by atoms with Gasteiger partial charge in [-0.25, -0.2) is 4.79 Å². The molecule has 156 valence electrons. The molecule has 0 radical (unpaired) electrons. The summed E-state index contributed by atoms with van der Waals surface area (Å²) in [6, 6.07) is 0.779. The van der Waals surface area contributed by atoms with Crippen molar-refractivity contribution in [1.29, 1.82) is 0 Å². The summed E-state index contributed by atoms with van der Waals surface area (Å²) < 4.78 is 4.56. The van der Waals surface area contributed by atoms with Crippen LogP contribution >= 0.6 is 0 Å². The predicted octanol–water partition coefficient (Wildman–Crippen LogP) is 0.666. The van der Waals surface area contributed by atoms with E-state index in [4.69, 9.17) is 0 Å². The van der Waals surface area contributed by atoms with E-state index in [0.717, 1.165) is 64.8 Å². The van der Waals surface area contributed by atoms with Gasteiger partial charge in [0, 0.05) is 51.2 Å².